The Morgan fingerprint density at radius 1 is 1.15 bits per heavy atom. The summed E-state index contributed by atoms with van der Waals surface area (Å²) in [4.78, 5) is 10.7. The van der Waals surface area contributed by atoms with Gasteiger partial charge in [0.1, 0.15) is 5.82 Å². The fourth-order valence-corrected chi connectivity index (χ4v) is 3.72. The van der Waals surface area contributed by atoms with Gasteiger partial charge in [-0.1, -0.05) is 35.9 Å². The van der Waals surface area contributed by atoms with E-state index in [1.54, 1.807) is 0 Å². The summed E-state index contributed by atoms with van der Waals surface area (Å²) < 4.78 is 0. The van der Waals surface area contributed by atoms with Crippen molar-refractivity contribution in [3.05, 3.63) is 71.7 Å². The number of aromatic nitrogens is 2. The van der Waals surface area contributed by atoms with Crippen LogP contribution in [0, 0.1) is 6.92 Å². The molecular formula is C21H26Cl2N4. The van der Waals surface area contributed by atoms with Crippen LogP contribution >= 0.6 is 24.8 Å². The second-order valence-corrected chi connectivity index (χ2v) is 6.93. The van der Waals surface area contributed by atoms with E-state index >= 15 is 0 Å². The van der Waals surface area contributed by atoms with Crippen LogP contribution in [0.1, 0.15) is 35.8 Å². The quantitative estimate of drug-likeness (QED) is 0.591. The third-order valence-corrected chi connectivity index (χ3v) is 4.94. The molecule has 2 aromatic carbocycles. The van der Waals surface area contributed by atoms with Gasteiger partial charge < -0.3 is 10.7 Å². The normalized spacial score (nSPS) is 16.6. The molecule has 1 aromatic heterocycles. The third kappa shape index (κ3) is 4.83. The Labute approximate surface area is 173 Å². The zero-order valence-corrected chi connectivity index (χ0v) is 17.0. The molecule has 2 heterocycles. The van der Waals surface area contributed by atoms with E-state index in [9.17, 15) is 0 Å². The van der Waals surface area contributed by atoms with Crippen LogP contribution in [-0.4, -0.2) is 21.4 Å². The van der Waals surface area contributed by atoms with Crippen LogP contribution in [0.15, 0.2) is 54.7 Å². The molecule has 1 aliphatic rings. The minimum absolute atomic E-state index is 0. The number of halogens is 2. The van der Waals surface area contributed by atoms with E-state index in [1.165, 1.54) is 23.1 Å². The van der Waals surface area contributed by atoms with Crippen molar-refractivity contribution in [2.75, 3.05) is 12.3 Å². The van der Waals surface area contributed by atoms with Crippen LogP contribution < -0.4 is 5.73 Å². The lowest BCUT2D eigenvalue weighted by atomic mass is 10.1. The lowest BCUT2D eigenvalue weighted by molar-refractivity contribution is 0.241. The third-order valence-electron chi connectivity index (χ3n) is 4.94. The molecule has 1 aliphatic heterocycles. The Morgan fingerprint density at radius 3 is 2.74 bits per heavy atom. The smallest absolute Gasteiger partial charge is 0.123 e. The second kappa shape index (κ2) is 9.27. The van der Waals surface area contributed by atoms with Crippen LogP contribution in [-0.2, 0) is 6.54 Å². The van der Waals surface area contributed by atoms with Gasteiger partial charge in [-0.3, -0.25) is 4.90 Å². The van der Waals surface area contributed by atoms with Crippen molar-refractivity contribution in [2.45, 2.75) is 32.4 Å². The maximum absolute atomic E-state index is 5.92. The number of benzene rings is 2. The largest absolute Gasteiger partial charge is 0.399 e. The summed E-state index contributed by atoms with van der Waals surface area (Å²) in [5.74, 6) is 1.07. The summed E-state index contributed by atoms with van der Waals surface area (Å²) in [6.45, 7) is 4.13. The molecule has 3 N–H and O–H groups in total. The molecule has 1 unspecified atom stereocenters. The van der Waals surface area contributed by atoms with Crippen LogP contribution in [0.4, 0.5) is 5.69 Å². The van der Waals surface area contributed by atoms with Crippen molar-refractivity contribution in [1.29, 1.82) is 0 Å². The Balaban J connectivity index is 0.00000131. The van der Waals surface area contributed by atoms with Crippen molar-refractivity contribution >= 4 is 30.5 Å². The Bertz CT molecular complexity index is 878. The first kappa shape index (κ1) is 21.3. The number of nitrogens with one attached hydrogen (secondary N) is 1. The second-order valence-electron chi connectivity index (χ2n) is 6.93. The average Bonchev–Trinajstić information content (AvgIpc) is 3.24. The number of nitrogens with zero attached hydrogens (tertiary/aromatic N) is 2. The predicted molar refractivity (Wildman–Crippen MR) is 116 cm³/mol. The standard InChI is InChI=1S/C21H24N4.2ClH/c1-15-5-2-7-17(11-15)19-13-23-21(24-19)20-9-4-10-25(20)14-16-6-3-8-18(22)12-16;;/h2-3,5-8,11-13,20H,4,9-10,14,22H2,1H3,(H,23,24);2*1H. The van der Waals surface area contributed by atoms with Crippen LogP contribution in [0.3, 0.4) is 0 Å². The van der Waals surface area contributed by atoms with Crippen molar-refractivity contribution in [3.8, 4) is 11.3 Å². The van der Waals surface area contributed by atoms with Crippen molar-refractivity contribution in [1.82, 2.24) is 14.9 Å². The Kier molecular flexibility index (Phi) is 7.31. The minimum atomic E-state index is 0. The summed E-state index contributed by atoms with van der Waals surface area (Å²) in [7, 11) is 0. The molecule has 1 fully saturated rings. The highest BCUT2D eigenvalue weighted by molar-refractivity contribution is 5.85. The van der Waals surface area contributed by atoms with Gasteiger partial charge in [-0.2, -0.15) is 0 Å². The van der Waals surface area contributed by atoms with E-state index in [4.69, 9.17) is 10.7 Å². The summed E-state index contributed by atoms with van der Waals surface area (Å²) in [5, 5.41) is 0. The number of aryl methyl sites for hydroxylation is 1. The van der Waals surface area contributed by atoms with Gasteiger partial charge in [-0.15, -0.1) is 24.8 Å². The number of rotatable bonds is 4. The molecule has 4 rings (SSSR count). The number of aromatic amines is 1. The van der Waals surface area contributed by atoms with E-state index in [-0.39, 0.29) is 24.8 Å². The van der Waals surface area contributed by atoms with Gasteiger partial charge >= 0.3 is 0 Å². The van der Waals surface area contributed by atoms with Gasteiger partial charge in [0.05, 0.1) is 17.9 Å². The summed E-state index contributed by atoms with van der Waals surface area (Å²) in [6, 6.07) is 17.0. The van der Waals surface area contributed by atoms with Gasteiger partial charge in [0.15, 0.2) is 0 Å². The van der Waals surface area contributed by atoms with E-state index in [0.29, 0.717) is 6.04 Å². The number of hydrogen-bond donors (Lipinski definition) is 2. The number of nitrogen functional groups attached to an aromatic ring is 1. The molecule has 1 atom stereocenters. The van der Waals surface area contributed by atoms with Gasteiger partial charge in [0.2, 0.25) is 0 Å². The van der Waals surface area contributed by atoms with Crippen molar-refractivity contribution < 1.29 is 0 Å². The highest BCUT2D eigenvalue weighted by atomic mass is 35.5. The van der Waals surface area contributed by atoms with Crippen molar-refractivity contribution in [2.24, 2.45) is 0 Å². The fourth-order valence-electron chi connectivity index (χ4n) is 3.72. The molecule has 27 heavy (non-hydrogen) atoms. The van der Waals surface area contributed by atoms with E-state index in [1.807, 2.05) is 18.3 Å². The van der Waals surface area contributed by atoms with E-state index < -0.39 is 0 Å². The lowest BCUT2D eigenvalue weighted by Crippen LogP contribution is -2.23. The number of anilines is 1. The number of imidazole rings is 1. The monoisotopic (exact) mass is 404 g/mol. The minimum Gasteiger partial charge on any atom is -0.399 e. The Morgan fingerprint density at radius 2 is 1.96 bits per heavy atom. The molecular weight excluding hydrogens is 379 g/mol. The fraction of sp³-hybridized carbons (Fsp3) is 0.286. The molecule has 144 valence electrons. The summed E-state index contributed by atoms with van der Waals surface area (Å²) >= 11 is 0. The first-order chi connectivity index (χ1) is 12.2. The maximum atomic E-state index is 5.92. The summed E-state index contributed by atoms with van der Waals surface area (Å²) in [6.07, 6.45) is 4.30. The SMILES string of the molecule is Cc1cccc(-c2cnc(C3CCCN3Cc3cccc(N)c3)[nH]2)c1.Cl.Cl. The average molecular weight is 405 g/mol. The van der Waals surface area contributed by atoms with Crippen LogP contribution in [0.5, 0.6) is 0 Å². The predicted octanol–water partition coefficient (Wildman–Crippen LogP) is 5.15. The lowest BCUT2D eigenvalue weighted by Gasteiger charge is -2.23. The van der Waals surface area contributed by atoms with Crippen LogP contribution in [0.25, 0.3) is 11.3 Å². The van der Waals surface area contributed by atoms with Crippen LogP contribution in [0.2, 0.25) is 0 Å². The first-order valence-corrected chi connectivity index (χ1v) is 8.89. The molecule has 0 aliphatic carbocycles. The molecule has 4 nitrogen and oxygen atoms in total. The number of hydrogen-bond acceptors (Lipinski definition) is 3. The number of nitrogens with two attached hydrogens (primary N) is 1. The molecule has 0 bridgehead atoms. The highest BCUT2D eigenvalue weighted by Gasteiger charge is 2.28. The zero-order valence-electron chi connectivity index (χ0n) is 15.4. The van der Waals surface area contributed by atoms with E-state index in [2.05, 4.69) is 53.2 Å². The molecule has 1 saturated heterocycles. The number of likely N-dealkylation sites (tertiary alicyclic amines) is 1. The van der Waals surface area contributed by atoms with Gasteiger partial charge in [-0.25, -0.2) is 4.98 Å². The molecule has 0 radical (unpaired) electrons. The Hall–Kier alpha value is -2.01. The molecule has 0 spiro atoms. The molecule has 0 amide bonds. The van der Waals surface area contributed by atoms with Crippen molar-refractivity contribution in [3.63, 3.8) is 0 Å². The molecule has 6 heteroatoms. The topological polar surface area (TPSA) is 57.9 Å². The van der Waals surface area contributed by atoms with Gasteiger partial charge in [0, 0.05) is 12.2 Å². The number of H-pyrrole nitrogens is 1. The van der Waals surface area contributed by atoms with E-state index in [0.717, 1.165) is 36.7 Å². The maximum Gasteiger partial charge on any atom is 0.123 e. The molecule has 0 saturated carbocycles. The zero-order chi connectivity index (χ0) is 17.2. The van der Waals surface area contributed by atoms with Gasteiger partial charge in [0.25, 0.3) is 0 Å². The van der Waals surface area contributed by atoms with Gasteiger partial charge in [-0.05, 0) is 55.6 Å². The first-order valence-electron chi connectivity index (χ1n) is 8.89. The highest BCUT2D eigenvalue weighted by Crippen LogP contribution is 2.33. The molecule has 3 aromatic rings. The summed E-state index contributed by atoms with van der Waals surface area (Å²) in [5.41, 5.74) is 11.6.